The van der Waals surface area contributed by atoms with Crippen molar-refractivity contribution in [2.24, 2.45) is 5.73 Å². The molecule has 7 heteroatoms. The Hall–Kier alpha value is -2.29. The Kier molecular flexibility index (Phi) is 5.70. The summed E-state index contributed by atoms with van der Waals surface area (Å²) in [6, 6.07) is 17.5. The van der Waals surface area contributed by atoms with Crippen molar-refractivity contribution in [1.29, 1.82) is 0 Å². The summed E-state index contributed by atoms with van der Waals surface area (Å²) in [5.74, 6) is -0.239. The summed E-state index contributed by atoms with van der Waals surface area (Å²) in [5, 5.41) is 2.94. The Morgan fingerprint density at radius 3 is 2.43 bits per heavy atom. The molecule has 2 aliphatic heterocycles. The third-order valence-electron chi connectivity index (χ3n) is 5.09. The monoisotopic (exact) mass is 384 g/mol. The summed E-state index contributed by atoms with van der Waals surface area (Å²) in [6.45, 7) is 0.330. The molecule has 7 nitrogen and oxygen atoms in total. The van der Waals surface area contributed by atoms with Gasteiger partial charge in [-0.25, -0.2) is 0 Å². The molecule has 2 saturated heterocycles. The normalized spacial score (nSPS) is 32.4. The molecule has 2 aliphatic rings. The predicted molar refractivity (Wildman–Crippen MR) is 101 cm³/mol. The molecule has 3 N–H and O–H groups in total. The first kappa shape index (κ1) is 19.0. The molecule has 2 heterocycles. The van der Waals surface area contributed by atoms with Gasteiger partial charge in [-0.15, -0.1) is 0 Å². The smallest absolute Gasteiger partial charge is 0.251 e. The van der Waals surface area contributed by atoms with Crippen LogP contribution < -0.4 is 11.1 Å². The molecule has 0 unspecified atom stereocenters. The van der Waals surface area contributed by atoms with Crippen molar-refractivity contribution in [3.05, 3.63) is 71.8 Å². The summed E-state index contributed by atoms with van der Waals surface area (Å²) in [5.41, 5.74) is 7.96. The predicted octanol–water partition coefficient (Wildman–Crippen LogP) is 1.60. The van der Waals surface area contributed by atoms with E-state index in [0.29, 0.717) is 12.2 Å². The Morgan fingerprint density at radius 2 is 1.75 bits per heavy atom. The number of benzene rings is 2. The van der Waals surface area contributed by atoms with E-state index in [-0.39, 0.29) is 12.0 Å². The highest BCUT2D eigenvalue weighted by molar-refractivity contribution is 5.94. The molecule has 28 heavy (non-hydrogen) atoms. The summed E-state index contributed by atoms with van der Waals surface area (Å²) in [4.78, 5) is 12.6. The van der Waals surface area contributed by atoms with Crippen LogP contribution in [-0.4, -0.2) is 50.2 Å². The van der Waals surface area contributed by atoms with Gasteiger partial charge in [0.25, 0.3) is 5.91 Å². The number of methoxy groups -OCH3 is 1. The SMILES string of the molecule is CO[C@@H]1O[C@H]2CO[C@H](c3ccccc3)O[C@H]2[C@@H](N)[C@@H]1NC(=O)c1ccccc1. The van der Waals surface area contributed by atoms with Crippen LogP contribution in [0.5, 0.6) is 0 Å². The maximum Gasteiger partial charge on any atom is 0.251 e. The number of hydrogen-bond acceptors (Lipinski definition) is 6. The summed E-state index contributed by atoms with van der Waals surface area (Å²) in [6.07, 6.45) is -2.03. The van der Waals surface area contributed by atoms with E-state index in [0.717, 1.165) is 5.56 Å². The van der Waals surface area contributed by atoms with Crippen molar-refractivity contribution < 1.29 is 23.7 Å². The number of amides is 1. The highest BCUT2D eigenvalue weighted by Crippen LogP contribution is 2.33. The number of carbonyl (C=O) groups is 1. The zero-order valence-corrected chi connectivity index (χ0v) is 15.6. The maximum atomic E-state index is 12.6. The molecule has 1 amide bonds. The van der Waals surface area contributed by atoms with Gasteiger partial charge in [-0.2, -0.15) is 0 Å². The van der Waals surface area contributed by atoms with Crippen molar-refractivity contribution >= 4 is 5.91 Å². The van der Waals surface area contributed by atoms with E-state index in [4.69, 9.17) is 24.7 Å². The average Bonchev–Trinajstić information content (AvgIpc) is 2.76. The largest absolute Gasteiger partial charge is 0.354 e. The number of rotatable bonds is 4. The van der Waals surface area contributed by atoms with E-state index in [1.165, 1.54) is 7.11 Å². The molecule has 4 rings (SSSR count). The van der Waals surface area contributed by atoms with E-state index >= 15 is 0 Å². The van der Waals surface area contributed by atoms with Crippen molar-refractivity contribution in [3.63, 3.8) is 0 Å². The van der Waals surface area contributed by atoms with Crippen LogP contribution in [0.15, 0.2) is 60.7 Å². The fraction of sp³-hybridized carbons (Fsp3) is 0.381. The lowest BCUT2D eigenvalue weighted by molar-refractivity contribution is -0.322. The van der Waals surface area contributed by atoms with Gasteiger partial charge in [-0.3, -0.25) is 4.79 Å². The number of carbonyl (C=O) groups excluding carboxylic acids is 1. The molecular formula is C21H24N2O5. The van der Waals surface area contributed by atoms with Crippen LogP contribution >= 0.6 is 0 Å². The highest BCUT2D eigenvalue weighted by Gasteiger charge is 2.49. The van der Waals surface area contributed by atoms with E-state index < -0.39 is 30.8 Å². The molecule has 2 aromatic carbocycles. The lowest BCUT2D eigenvalue weighted by Gasteiger charge is -2.48. The summed E-state index contributed by atoms with van der Waals surface area (Å²) >= 11 is 0. The number of hydrogen-bond donors (Lipinski definition) is 2. The fourth-order valence-corrected chi connectivity index (χ4v) is 3.62. The lowest BCUT2D eigenvalue weighted by Crippen LogP contribution is -2.69. The number of nitrogens with one attached hydrogen (secondary N) is 1. The standard InChI is InChI=1S/C21H24N2O5/c1-25-21-17(23-19(24)13-8-4-2-5-9-13)16(22)18-15(27-21)12-26-20(28-18)14-10-6-3-7-11-14/h2-11,15-18,20-21H,12,22H2,1H3,(H,23,24)/t15-,16-,17-,18+,20-,21+/m0/s1. The average molecular weight is 384 g/mol. The van der Waals surface area contributed by atoms with Crippen LogP contribution in [0.25, 0.3) is 0 Å². The fourth-order valence-electron chi connectivity index (χ4n) is 3.62. The van der Waals surface area contributed by atoms with Gasteiger partial charge in [-0.05, 0) is 12.1 Å². The second kappa shape index (κ2) is 8.38. The van der Waals surface area contributed by atoms with Crippen molar-refractivity contribution in [2.45, 2.75) is 36.9 Å². The third kappa shape index (κ3) is 3.80. The molecule has 0 spiro atoms. The van der Waals surface area contributed by atoms with Crippen molar-refractivity contribution in [3.8, 4) is 0 Å². The summed E-state index contributed by atoms with van der Waals surface area (Å²) in [7, 11) is 1.52. The van der Waals surface area contributed by atoms with Crippen LogP contribution in [-0.2, 0) is 18.9 Å². The second-order valence-corrected chi connectivity index (χ2v) is 6.90. The topological polar surface area (TPSA) is 92.0 Å². The maximum absolute atomic E-state index is 12.6. The minimum absolute atomic E-state index is 0.239. The van der Waals surface area contributed by atoms with E-state index in [1.807, 2.05) is 48.5 Å². The Labute approximate surface area is 163 Å². The highest BCUT2D eigenvalue weighted by atomic mass is 16.7. The van der Waals surface area contributed by atoms with E-state index in [9.17, 15) is 4.79 Å². The molecule has 0 aliphatic carbocycles. The zero-order chi connectivity index (χ0) is 19.5. The minimum Gasteiger partial charge on any atom is -0.354 e. The van der Waals surface area contributed by atoms with E-state index in [2.05, 4.69) is 5.32 Å². The molecule has 0 bridgehead atoms. The molecule has 0 radical (unpaired) electrons. The Morgan fingerprint density at radius 1 is 1.07 bits per heavy atom. The Balaban J connectivity index is 1.50. The first-order chi connectivity index (χ1) is 13.7. The van der Waals surface area contributed by atoms with Crippen LogP contribution in [0.4, 0.5) is 0 Å². The third-order valence-corrected chi connectivity index (χ3v) is 5.09. The Bertz CT molecular complexity index is 788. The van der Waals surface area contributed by atoms with Crippen molar-refractivity contribution in [1.82, 2.24) is 5.32 Å². The van der Waals surface area contributed by atoms with Crippen LogP contribution in [0.2, 0.25) is 0 Å². The van der Waals surface area contributed by atoms with Gasteiger partial charge in [0.2, 0.25) is 0 Å². The van der Waals surface area contributed by atoms with Crippen molar-refractivity contribution in [2.75, 3.05) is 13.7 Å². The molecule has 148 valence electrons. The zero-order valence-electron chi connectivity index (χ0n) is 15.6. The van der Waals surface area contributed by atoms with Crippen LogP contribution in [0.3, 0.4) is 0 Å². The molecule has 6 atom stereocenters. The van der Waals surface area contributed by atoms with Crippen LogP contribution in [0, 0.1) is 0 Å². The van der Waals surface area contributed by atoms with Gasteiger partial charge < -0.3 is 30.0 Å². The summed E-state index contributed by atoms with van der Waals surface area (Å²) < 4.78 is 23.4. The van der Waals surface area contributed by atoms with Gasteiger partial charge in [0.1, 0.15) is 12.2 Å². The quantitative estimate of drug-likeness (QED) is 0.832. The molecular weight excluding hydrogens is 360 g/mol. The van der Waals surface area contributed by atoms with Gasteiger partial charge in [0.15, 0.2) is 12.6 Å². The van der Waals surface area contributed by atoms with E-state index in [1.54, 1.807) is 12.1 Å². The minimum atomic E-state index is -0.690. The first-order valence-electron chi connectivity index (χ1n) is 9.29. The van der Waals surface area contributed by atoms with Gasteiger partial charge >= 0.3 is 0 Å². The number of nitrogens with two attached hydrogens (primary N) is 1. The van der Waals surface area contributed by atoms with Crippen LogP contribution in [0.1, 0.15) is 22.2 Å². The molecule has 2 aromatic rings. The van der Waals surface area contributed by atoms with Gasteiger partial charge in [-0.1, -0.05) is 48.5 Å². The lowest BCUT2D eigenvalue weighted by atomic mass is 9.93. The molecule has 0 aromatic heterocycles. The van der Waals surface area contributed by atoms with Gasteiger partial charge in [0, 0.05) is 18.2 Å². The number of ether oxygens (including phenoxy) is 4. The second-order valence-electron chi connectivity index (χ2n) is 6.90. The molecule has 2 fully saturated rings. The number of fused-ring (bicyclic) bond motifs is 1. The molecule has 0 saturated carbocycles. The van der Waals surface area contributed by atoms with Gasteiger partial charge in [0.05, 0.1) is 18.7 Å². The first-order valence-corrected chi connectivity index (χ1v) is 9.29.